The van der Waals surface area contributed by atoms with Crippen LogP contribution in [0.1, 0.15) is 5.56 Å². The van der Waals surface area contributed by atoms with Gasteiger partial charge < -0.3 is 4.74 Å². The first-order chi connectivity index (χ1) is 16.1. The maximum atomic E-state index is 14.3. The van der Waals surface area contributed by atoms with Crippen molar-refractivity contribution >= 4 is 43.4 Å². The maximum absolute atomic E-state index is 14.3. The molecular formula is C25H23F2N3O2S. The summed E-state index contributed by atoms with van der Waals surface area (Å²) in [6, 6.07) is 15.9. The number of fused-ring (bicyclic) bond motifs is 2. The second kappa shape index (κ2) is 9.51. The van der Waals surface area contributed by atoms with Gasteiger partial charge in [-0.15, -0.1) is 0 Å². The molecule has 0 bridgehead atoms. The summed E-state index contributed by atoms with van der Waals surface area (Å²) in [7, 11) is 0. The molecule has 0 saturated carbocycles. The Balaban J connectivity index is 1.46. The molecule has 1 aromatic heterocycles. The zero-order valence-corrected chi connectivity index (χ0v) is 18.8. The number of ether oxygens (including phenoxy) is 1. The second-order valence-corrected chi connectivity index (χ2v) is 9.05. The summed E-state index contributed by atoms with van der Waals surface area (Å²) >= 11 is 1.13. The van der Waals surface area contributed by atoms with Crippen molar-refractivity contribution in [3.8, 4) is 0 Å². The first-order valence-corrected chi connectivity index (χ1v) is 11.7. The Morgan fingerprint density at radius 2 is 1.88 bits per heavy atom. The van der Waals surface area contributed by atoms with Crippen LogP contribution in [0.3, 0.4) is 0 Å². The smallest absolute Gasteiger partial charge is 0.233 e. The number of amides is 1. The minimum atomic E-state index is -0.720. The number of halogens is 2. The van der Waals surface area contributed by atoms with Gasteiger partial charge in [-0.2, -0.15) is 0 Å². The number of carbonyl (C=O) groups excluding carboxylic acids is 1. The van der Waals surface area contributed by atoms with Gasteiger partial charge in [-0.3, -0.25) is 14.6 Å². The van der Waals surface area contributed by atoms with Crippen molar-refractivity contribution in [3.05, 3.63) is 71.8 Å². The third-order valence-corrected chi connectivity index (χ3v) is 6.92. The van der Waals surface area contributed by atoms with E-state index in [4.69, 9.17) is 4.74 Å². The van der Waals surface area contributed by atoms with Crippen molar-refractivity contribution in [1.29, 1.82) is 0 Å². The van der Waals surface area contributed by atoms with E-state index in [0.717, 1.165) is 46.8 Å². The van der Waals surface area contributed by atoms with Crippen molar-refractivity contribution in [2.75, 3.05) is 44.3 Å². The lowest BCUT2D eigenvalue weighted by Crippen LogP contribution is -2.43. The lowest BCUT2D eigenvalue weighted by atomic mass is 10.0. The first kappa shape index (κ1) is 21.9. The fraction of sp³-hybridized carbons (Fsp3) is 0.280. The van der Waals surface area contributed by atoms with Crippen LogP contribution in [-0.4, -0.2) is 55.2 Å². The molecule has 5 nitrogen and oxygen atoms in total. The largest absolute Gasteiger partial charge is 0.379 e. The molecule has 0 spiro atoms. The zero-order chi connectivity index (χ0) is 22.8. The summed E-state index contributed by atoms with van der Waals surface area (Å²) in [5.74, 6) is -1.50. The molecule has 2 heterocycles. The van der Waals surface area contributed by atoms with Crippen LogP contribution in [-0.2, 0) is 16.0 Å². The molecule has 0 N–H and O–H groups in total. The number of benzene rings is 3. The van der Waals surface area contributed by atoms with Crippen LogP contribution in [0, 0.1) is 11.6 Å². The van der Waals surface area contributed by atoms with E-state index in [-0.39, 0.29) is 17.8 Å². The van der Waals surface area contributed by atoms with Gasteiger partial charge in [-0.25, -0.2) is 13.8 Å². The average molecular weight is 468 g/mol. The summed E-state index contributed by atoms with van der Waals surface area (Å²) in [4.78, 5) is 21.8. The van der Waals surface area contributed by atoms with Crippen LogP contribution in [0.2, 0.25) is 0 Å². The second-order valence-electron chi connectivity index (χ2n) is 8.05. The summed E-state index contributed by atoms with van der Waals surface area (Å²) in [6.07, 6.45) is 0.192. The van der Waals surface area contributed by atoms with Crippen LogP contribution >= 0.6 is 11.3 Å². The number of carbonyl (C=O) groups is 1. The van der Waals surface area contributed by atoms with Crippen LogP contribution in [0.5, 0.6) is 0 Å². The Kier molecular flexibility index (Phi) is 6.30. The van der Waals surface area contributed by atoms with Crippen molar-refractivity contribution in [2.24, 2.45) is 0 Å². The molecule has 0 atom stereocenters. The van der Waals surface area contributed by atoms with Gasteiger partial charge >= 0.3 is 0 Å². The fourth-order valence-electron chi connectivity index (χ4n) is 4.16. The van der Waals surface area contributed by atoms with Gasteiger partial charge in [-0.1, -0.05) is 53.8 Å². The van der Waals surface area contributed by atoms with E-state index in [2.05, 4.69) is 9.88 Å². The van der Waals surface area contributed by atoms with Gasteiger partial charge in [0.1, 0.15) is 11.3 Å². The van der Waals surface area contributed by atoms with Gasteiger partial charge in [0.2, 0.25) is 5.91 Å². The number of rotatable bonds is 6. The quantitative estimate of drug-likeness (QED) is 0.415. The van der Waals surface area contributed by atoms with Crippen LogP contribution in [0.25, 0.3) is 21.0 Å². The number of hydrogen-bond acceptors (Lipinski definition) is 5. The summed E-state index contributed by atoms with van der Waals surface area (Å²) < 4.78 is 33.8. The molecule has 3 aromatic carbocycles. The van der Waals surface area contributed by atoms with E-state index in [1.54, 1.807) is 4.90 Å². The molecule has 1 aliphatic heterocycles. The van der Waals surface area contributed by atoms with Crippen LogP contribution in [0.4, 0.5) is 13.9 Å². The highest BCUT2D eigenvalue weighted by Gasteiger charge is 2.23. The molecule has 33 heavy (non-hydrogen) atoms. The molecule has 1 amide bonds. The summed E-state index contributed by atoms with van der Waals surface area (Å²) in [5.41, 5.74) is 1.01. The predicted molar refractivity (Wildman–Crippen MR) is 127 cm³/mol. The normalized spacial score (nSPS) is 14.7. The fourth-order valence-corrected chi connectivity index (χ4v) is 5.21. The first-order valence-electron chi connectivity index (χ1n) is 10.9. The van der Waals surface area contributed by atoms with Crippen molar-refractivity contribution < 1.29 is 18.3 Å². The van der Waals surface area contributed by atoms with Crippen LogP contribution in [0.15, 0.2) is 54.6 Å². The zero-order valence-electron chi connectivity index (χ0n) is 18.0. The Labute approximate surface area is 194 Å². The lowest BCUT2D eigenvalue weighted by Gasteiger charge is -2.29. The SMILES string of the molecule is O=C(Cc1cccc2ccccc12)N(CCN1CCOCC1)c1nc2c(F)cc(F)cc2s1. The average Bonchev–Trinajstić information content (AvgIpc) is 3.24. The van der Waals surface area contributed by atoms with Gasteiger partial charge in [0.15, 0.2) is 10.9 Å². The molecular weight excluding hydrogens is 444 g/mol. The van der Waals surface area contributed by atoms with Gasteiger partial charge in [-0.05, 0) is 22.4 Å². The number of anilines is 1. The molecule has 0 radical (unpaired) electrons. The van der Waals surface area contributed by atoms with E-state index >= 15 is 0 Å². The third-order valence-electron chi connectivity index (χ3n) is 5.90. The van der Waals surface area contributed by atoms with E-state index in [9.17, 15) is 13.6 Å². The van der Waals surface area contributed by atoms with Gasteiger partial charge in [0.25, 0.3) is 0 Å². The van der Waals surface area contributed by atoms with Crippen molar-refractivity contribution in [1.82, 2.24) is 9.88 Å². The number of nitrogens with zero attached hydrogens (tertiary/aromatic N) is 3. The molecule has 8 heteroatoms. The minimum Gasteiger partial charge on any atom is -0.379 e. The predicted octanol–water partition coefficient (Wildman–Crippen LogP) is 4.64. The molecule has 5 rings (SSSR count). The highest BCUT2D eigenvalue weighted by Crippen LogP contribution is 2.32. The lowest BCUT2D eigenvalue weighted by molar-refractivity contribution is -0.118. The monoisotopic (exact) mass is 467 g/mol. The molecule has 1 aliphatic rings. The highest BCUT2D eigenvalue weighted by atomic mass is 32.1. The maximum Gasteiger partial charge on any atom is 0.233 e. The molecule has 1 saturated heterocycles. The Morgan fingerprint density at radius 3 is 2.73 bits per heavy atom. The number of hydrogen-bond donors (Lipinski definition) is 0. The molecule has 4 aromatic rings. The number of aromatic nitrogens is 1. The Morgan fingerprint density at radius 1 is 1.09 bits per heavy atom. The van der Waals surface area contributed by atoms with Crippen LogP contribution < -0.4 is 4.90 Å². The molecule has 170 valence electrons. The number of thiazole rings is 1. The minimum absolute atomic E-state index is 0.0886. The molecule has 0 aliphatic carbocycles. The third kappa shape index (κ3) is 4.73. The van der Waals surface area contributed by atoms with E-state index in [1.807, 2.05) is 42.5 Å². The topological polar surface area (TPSA) is 45.7 Å². The Hall–Kier alpha value is -2.94. The molecule has 1 fully saturated rings. The van der Waals surface area contributed by atoms with Gasteiger partial charge in [0, 0.05) is 32.2 Å². The van der Waals surface area contributed by atoms with Crippen molar-refractivity contribution in [3.63, 3.8) is 0 Å². The number of morpholine rings is 1. The van der Waals surface area contributed by atoms with E-state index in [1.165, 1.54) is 6.07 Å². The standard InChI is InChI=1S/C25H23F2N3O2S/c26-19-15-21(27)24-22(16-19)33-25(28-24)30(9-8-29-10-12-32-13-11-29)23(31)14-18-6-3-5-17-4-1-2-7-20(17)18/h1-7,15-16H,8-14H2. The Bertz CT molecular complexity index is 1300. The highest BCUT2D eigenvalue weighted by molar-refractivity contribution is 7.22. The van der Waals surface area contributed by atoms with Crippen molar-refractivity contribution in [2.45, 2.75) is 6.42 Å². The summed E-state index contributed by atoms with van der Waals surface area (Å²) in [6.45, 7) is 3.98. The molecule has 0 unspecified atom stereocenters. The van der Waals surface area contributed by atoms with Gasteiger partial charge in [0.05, 0.1) is 24.3 Å². The summed E-state index contributed by atoms with van der Waals surface area (Å²) in [5, 5.41) is 2.48. The van der Waals surface area contributed by atoms with E-state index in [0.29, 0.717) is 36.1 Å². The van der Waals surface area contributed by atoms with E-state index < -0.39 is 11.6 Å².